The molecule has 1 rings (SSSR count). The van der Waals surface area contributed by atoms with Crippen LogP contribution in [0.5, 0.6) is 0 Å². The van der Waals surface area contributed by atoms with E-state index in [-0.39, 0.29) is 0 Å². The van der Waals surface area contributed by atoms with E-state index in [0.29, 0.717) is 29.9 Å². The zero-order valence-corrected chi connectivity index (χ0v) is 16.7. The summed E-state index contributed by atoms with van der Waals surface area (Å²) in [6, 6.07) is 11.0. The van der Waals surface area contributed by atoms with E-state index in [1.807, 2.05) is 0 Å². The Balaban J connectivity index is 2.52. The molecule has 0 aromatic heterocycles. The summed E-state index contributed by atoms with van der Waals surface area (Å²) < 4.78 is 4.92. The molecule has 0 saturated heterocycles. The van der Waals surface area contributed by atoms with E-state index in [1.165, 1.54) is 36.6 Å². The van der Waals surface area contributed by atoms with Crippen LogP contribution in [0.3, 0.4) is 0 Å². The van der Waals surface area contributed by atoms with E-state index >= 15 is 0 Å². The summed E-state index contributed by atoms with van der Waals surface area (Å²) in [5.74, 6) is 2.36. The SMILES string of the molecule is CCCCCC/C(I)=C(/[Se]C)[Se]c1ccccc1. The fourth-order valence-corrected chi connectivity index (χ4v) is 8.03. The van der Waals surface area contributed by atoms with Gasteiger partial charge in [-0.05, 0) is 0 Å². The van der Waals surface area contributed by atoms with Crippen LogP contribution >= 0.6 is 22.6 Å². The maximum atomic E-state index is 2.59. The van der Waals surface area contributed by atoms with Crippen molar-refractivity contribution < 1.29 is 0 Å². The molecule has 1 aromatic carbocycles. The zero-order chi connectivity index (χ0) is 13.2. The molecule has 0 unspecified atom stereocenters. The summed E-state index contributed by atoms with van der Waals surface area (Å²) in [5, 5.41) is 0. The number of hydrogen-bond donors (Lipinski definition) is 0. The molecule has 0 heterocycles. The average molecular weight is 486 g/mol. The number of rotatable bonds is 8. The molecule has 0 saturated carbocycles. The molecule has 0 aliphatic carbocycles. The van der Waals surface area contributed by atoms with Gasteiger partial charge in [0.25, 0.3) is 0 Å². The van der Waals surface area contributed by atoms with Gasteiger partial charge in [0.15, 0.2) is 0 Å². The Kier molecular flexibility index (Phi) is 9.80. The molecule has 0 aliphatic heterocycles. The van der Waals surface area contributed by atoms with E-state index in [2.05, 4.69) is 65.7 Å². The second kappa shape index (κ2) is 10.5. The predicted octanol–water partition coefficient (Wildman–Crippen LogP) is 4.34. The minimum atomic E-state index is 0.553. The summed E-state index contributed by atoms with van der Waals surface area (Å²) in [4.78, 5) is 0. The molecular weight excluding hydrogens is 465 g/mol. The van der Waals surface area contributed by atoms with Crippen molar-refractivity contribution in [1.29, 1.82) is 0 Å². The van der Waals surface area contributed by atoms with Gasteiger partial charge >= 0.3 is 139 Å². The van der Waals surface area contributed by atoms with Gasteiger partial charge in [-0.25, -0.2) is 0 Å². The number of hydrogen-bond acceptors (Lipinski definition) is 0. The van der Waals surface area contributed by atoms with Crippen LogP contribution in [0.2, 0.25) is 5.82 Å². The molecule has 18 heavy (non-hydrogen) atoms. The third kappa shape index (κ3) is 6.77. The quantitative estimate of drug-likeness (QED) is 0.292. The topological polar surface area (TPSA) is 0 Å². The molecular formula is C15H21ISe2. The van der Waals surface area contributed by atoms with Gasteiger partial charge in [0.05, 0.1) is 0 Å². The summed E-state index contributed by atoms with van der Waals surface area (Å²) in [7, 11) is 0. The Hall–Kier alpha value is 0.729. The first kappa shape index (κ1) is 16.8. The summed E-state index contributed by atoms with van der Waals surface area (Å²) in [6.45, 7) is 2.28. The van der Waals surface area contributed by atoms with Crippen molar-refractivity contribution in [2.24, 2.45) is 0 Å². The molecule has 0 N–H and O–H groups in total. The number of allylic oxidation sites excluding steroid dienone is 1. The maximum absolute atomic E-state index is 2.59. The first-order valence-electron chi connectivity index (χ1n) is 6.43. The molecule has 0 radical (unpaired) electrons. The van der Waals surface area contributed by atoms with Gasteiger partial charge in [-0.3, -0.25) is 0 Å². The van der Waals surface area contributed by atoms with E-state index in [1.54, 1.807) is 6.95 Å². The van der Waals surface area contributed by atoms with Gasteiger partial charge in [0.2, 0.25) is 0 Å². The first-order chi connectivity index (χ1) is 8.77. The predicted molar refractivity (Wildman–Crippen MR) is 93.3 cm³/mol. The summed E-state index contributed by atoms with van der Waals surface area (Å²) >= 11 is 3.81. The molecule has 0 fully saturated rings. The van der Waals surface area contributed by atoms with Crippen molar-refractivity contribution in [2.75, 3.05) is 0 Å². The molecule has 0 amide bonds. The Morgan fingerprint density at radius 3 is 2.44 bits per heavy atom. The van der Waals surface area contributed by atoms with E-state index in [4.69, 9.17) is 0 Å². The van der Waals surface area contributed by atoms with Gasteiger partial charge < -0.3 is 0 Å². The number of benzene rings is 1. The van der Waals surface area contributed by atoms with E-state index in [0.717, 1.165) is 0 Å². The second-order valence-corrected chi connectivity index (χ2v) is 10.7. The van der Waals surface area contributed by atoms with Crippen molar-refractivity contribution in [2.45, 2.75) is 44.9 Å². The van der Waals surface area contributed by atoms with Crippen molar-refractivity contribution in [3.8, 4) is 0 Å². The minimum absolute atomic E-state index is 0.553. The van der Waals surface area contributed by atoms with Crippen LogP contribution in [0.4, 0.5) is 0 Å². The molecule has 0 nitrogen and oxygen atoms in total. The third-order valence-electron chi connectivity index (χ3n) is 2.61. The Morgan fingerprint density at radius 2 is 1.83 bits per heavy atom. The van der Waals surface area contributed by atoms with Crippen molar-refractivity contribution in [3.63, 3.8) is 0 Å². The molecule has 0 atom stereocenters. The standard InChI is InChI=1S/C15H21ISe2/c1-3-4-5-9-12-14(16)15(17-2)18-13-10-7-6-8-11-13/h6-8,10-11H,3-5,9,12H2,1-2H3/b15-14+. The third-order valence-corrected chi connectivity index (χ3v) is 11.3. The van der Waals surface area contributed by atoms with Crippen molar-refractivity contribution in [1.82, 2.24) is 0 Å². The van der Waals surface area contributed by atoms with Crippen molar-refractivity contribution in [3.05, 3.63) is 37.3 Å². The van der Waals surface area contributed by atoms with Gasteiger partial charge in [-0.1, -0.05) is 0 Å². The molecule has 100 valence electrons. The fourth-order valence-electron chi connectivity index (χ4n) is 1.61. The van der Waals surface area contributed by atoms with Gasteiger partial charge in [-0.2, -0.15) is 0 Å². The number of halogens is 1. The summed E-state index contributed by atoms with van der Waals surface area (Å²) in [5.41, 5.74) is 0. The van der Waals surface area contributed by atoms with Crippen LogP contribution in [0.1, 0.15) is 39.0 Å². The Bertz CT molecular complexity index is 360. The second-order valence-electron chi connectivity index (χ2n) is 4.12. The van der Waals surface area contributed by atoms with Gasteiger partial charge in [-0.15, -0.1) is 0 Å². The van der Waals surface area contributed by atoms with Crippen LogP contribution in [0.15, 0.2) is 37.3 Å². The normalized spacial score (nSPS) is 12.4. The van der Waals surface area contributed by atoms with Crippen LogP contribution < -0.4 is 4.46 Å². The molecule has 0 spiro atoms. The average Bonchev–Trinajstić information content (AvgIpc) is 2.42. The van der Waals surface area contributed by atoms with Gasteiger partial charge in [0.1, 0.15) is 0 Å². The Labute approximate surface area is 138 Å². The molecule has 0 aliphatic rings. The molecule has 1 aromatic rings. The van der Waals surface area contributed by atoms with Crippen LogP contribution in [-0.2, 0) is 0 Å². The molecule has 0 bridgehead atoms. The summed E-state index contributed by atoms with van der Waals surface area (Å²) in [6.07, 6.45) is 6.79. The van der Waals surface area contributed by atoms with Crippen LogP contribution in [0, 0.1) is 0 Å². The fraction of sp³-hybridized carbons (Fsp3) is 0.467. The van der Waals surface area contributed by atoms with Crippen LogP contribution in [0.25, 0.3) is 0 Å². The molecule has 3 heteroatoms. The van der Waals surface area contributed by atoms with E-state index in [9.17, 15) is 0 Å². The van der Waals surface area contributed by atoms with E-state index < -0.39 is 0 Å². The van der Waals surface area contributed by atoms with Crippen LogP contribution in [-0.4, -0.2) is 29.9 Å². The monoisotopic (exact) mass is 488 g/mol. The number of unbranched alkanes of at least 4 members (excludes halogenated alkanes) is 3. The Morgan fingerprint density at radius 1 is 1.11 bits per heavy atom. The van der Waals surface area contributed by atoms with Gasteiger partial charge in [0, 0.05) is 0 Å². The van der Waals surface area contributed by atoms with Crippen molar-refractivity contribution >= 4 is 57.0 Å². The first-order valence-corrected chi connectivity index (χ1v) is 11.8. The zero-order valence-electron chi connectivity index (χ0n) is 11.1.